The maximum atomic E-state index is 11.1. The van der Waals surface area contributed by atoms with Crippen LogP contribution in [-0.4, -0.2) is 43.7 Å². The lowest BCUT2D eigenvalue weighted by atomic mass is 9.96. The van der Waals surface area contributed by atoms with E-state index in [1.807, 2.05) is 0 Å². The molecule has 0 unspecified atom stereocenters. The highest BCUT2D eigenvalue weighted by Gasteiger charge is 2.22. The molecule has 1 heterocycles. The van der Waals surface area contributed by atoms with Gasteiger partial charge in [0, 0.05) is 19.1 Å². The number of hydrogen-bond acceptors (Lipinski definition) is 3. The summed E-state index contributed by atoms with van der Waals surface area (Å²) in [6.45, 7) is 7.19. The second-order valence-corrected chi connectivity index (χ2v) is 5.54. The van der Waals surface area contributed by atoms with Crippen LogP contribution in [0.25, 0.3) is 0 Å². The van der Waals surface area contributed by atoms with Crippen molar-refractivity contribution in [3.8, 4) is 0 Å². The molecule has 0 aliphatic carbocycles. The first kappa shape index (κ1) is 16.4. The van der Waals surface area contributed by atoms with Crippen LogP contribution in [-0.2, 0) is 9.53 Å². The van der Waals surface area contributed by atoms with Crippen molar-refractivity contribution >= 4 is 5.91 Å². The molecule has 0 bridgehead atoms. The molecule has 1 saturated heterocycles. The number of piperidine rings is 1. The van der Waals surface area contributed by atoms with E-state index in [1.54, 1.807) is 0 Å². The molecule has 19 heavy (non-hydrogen) atoms. The summed E-state index contributed by atoms with van der Waals surface area (Å²) in [6.07, 6.45) is 7.99. The Hall–Kier alpha value is -0.610. The first-order valence-electron chi connectivity index (χ1n) is 7.83. The summed E-state index contributed by atoms with van der Waals surface area (Å²) in [5, 5.41) is 0. The highest BCUT2D eigenvalue weighted by Crippen LogP contribution is 2.17. The number of nitrogens with two attached hydrogens (primary N) is 1. The fourth-order valence-corrected chi connectivity index (χ4v) is 2.58. The van der Waals surface area contributed by atoms with Crippen molar-refractivity contribution in [1.82, 2.24) is 4.90 Å². The minimum atomic E-state index is -0.119. The molecule has 1 aliphatic rings. The van der Waals surface area contributed by atoms with Crippen LogP contribution in [0.15, 0.2) is 0 Å². The van der Waals surface area contributed by atoms with Crippen LogP contribution >= 0.6 is 0 Å². The summed E-state index contributed by atoms with van der Waals surface area (Å²) in [7, 11) is 0. The van der Waals surface area contributed by atoms with Gasteiger partial charge in [0.1, 0.15) is 0 Å². The van der Waals surface area contributed by atoms with E-state index < -0.39 is 0 Å². The quantitative estimate of drug-likeness (QED) is 0.619. The molecule has 112 valence electrons. The van der Waals surface area contributed by atoms with Gasteiger partial charge in [-0.1, -0.05) is 19.8 Å². The summed E-state index contributed by atoms with van der Waals surface area (Å²) in [5.41, 5.74) is 5.33. The van der Waals surface area contributed by atoms with Crippen molar-refractivity contribution in [1.29, 1.82) is 0 Å². The van der Waals surface area contributed by atoms with E-state index in [0.717, 1.165) is 45.6 Å². The number of rotatable bonds is 10. The van der Waals surface area contributed by atoms with Gasteiger partial charge in [-0.3, -0.25) is 4.79 Å². The van der Waals surface area contributed by atoms with E-state index in [-0.39, 0.29) is 11.8 Å². The van der Waals surface area contributed by atoms with Gasteiger partial charge in [0.05, 0.1) is 0 Å². The third-order valence-electron chi connectivity index (χ3n) is 3.85. The van der Waals surface area contributed by atoms with E-state index in [1.165, 1.54) is 32.2 Å². The number of carbonyl (C=O) groups excluding carboxylic acids is 1. The Kier molecular flexibility index (Phi) is 8.84. The van der Waals surface area contributed by atoms with Crippen LogP contribution in [0.1, 0.15) is 51.9 Å². The molecular formula is C15H30N2O2. The van der Waals surface area contributed by atoms with Gasteiger partial charge in [0.25, 0.3) is 0 Å². The largest absolute Gasteiger partial charge is 0.381 e. The monoisotopic (exact) mass is 270 g/mol. The summed E-state index contributed by atoms with van der Waals surface area (Å²) in [4.78, 5) is 13.5. The normalized spacial score (nSPS) is 17.7. The smallest absolute Gasteiger partial charge is 0.220 e. The minimum Gasteiger partial charge on any atom is -0.381 e. The second-order valence-electron chi connectivity index (χ2n) is 5.54. The van der Waals surface area contributed by atoms with E-state index in [2.05, 4.69) is 11.8 Å². The van der Waals surface area contributed by atoms with Gasteiger partial charge < -0.3 is 15.4 Å². The number of ether oxygens (including phenoxy) is 1. The molecule has 4 heteroatoms. The molecule has 1 amide bonds. The van der Waals surface area contributed by atoms with Crippen LogP contribution in [0.5, 0.6) is 0 Å². The predicted molar refractivity (Wildman–Crippen MR) is 77.9 cm³/mol. The third kappa shape index (κ3) is 7.53. The lowest BCUT2D eigenvalue weighted by Crippen LogP contribution is -2.38. The van der Waals surface area contributed by atoms with E-state index >= 15 is 0 Å². The number of unbranched alkanes of at least 4 members (excludes halogenated alkanes) is 3. The summed E-state index contributed by atoms with van der Waals surface area (Å²) < 4.78 is 5.46. The van der Waals surface area contributed by atoms with Crippen LogP contribution in [0.2, 0.25) is 0 Å². The van der Waals surface area contributed by atoms with Gasteiger partial charge >= 0.3 is 0 Å². The highest BCUT2D eigenvalue weighted by atomic mass is 16.5. The number of primary amides is 1. The van der Waals surface area contributed by atoms with Crippen molar-refractivity contribution in [3.05, 3.63) is 0 Å². The lowest BCUT2D eigenvalue weighted by molar-refractivity contribution is -0.123. The molecule has 2 N–H and O–H groups in total. The predicted octanol–water partition coefficient (Wildman–Crippen LogP) is 2.17. The van der Waals surface area contributed by atoms with Gasteiger partial charge in [0.2, 0.25) is 5.91 Å². The Morgan fingerprint density at radius 3 is 2.47 bits per heavy atom. The van der Waals surface area contributed by atoms with Crippen molar-refractivity contribution < 1.29 is 9.53 Å². The first-order chi connectivity index (χ1) is 9.24. The average Bonchev–Trinajstić information content (AvgIpc) is 2.42. The Labute approximate surface area is 117 Å². The van der Waals surface area contributed by atoms with E-state index in [0.29, 0.717) is 0 Å². The Bertz CT molecular complexity index is 238. The first-order valence-corrected chi connectivity index (χ1v) is 7.83. The van der Waals surface area contributed by atoms with E-state index in [9.17, 15) is 4.79 Å². The summed E-state index contributed by atoms with van der Waals surface area (Å²) in [6, 6.07) is 0. The zero-order chi connectivity index (χ0) is 13.9. The second kappa shape index (κ2) is 10.2. The van der Waals surface area contributed by atoms with Gasteiger partial charge in [-0.25, -0.2) is 0 Å². The maximum absolute atomic E-state index is 11.1. The number of hydrogen-bond donors (Lipinski definition) is 1. The number of nitrogens with zero attached hydrogens (tertiary/aromatic N) is 1. The van der Waals surface area contributed by atoms with Gasteiger partial charge in [0.15, 0.2) is 0 Å². The van der Waals surface area contributed by atoms with Crippen LogP contribution in [0, 0.1) is 5.92 Å². The summed E-state index contributed by atoms with van der Waals surface area (Å²) in [5.74, 6) is -0.00121. The lowest BCUT2D eigenvalue weighted by Gasteiger charge is -2.30. The van der Waals surface area contributed by atoms with Crippen molar-refractivity contribution in [2.75, 3.05) is 32.8 Å². The molecule has 1 fully saturated rings. The molecule has 0 aromatic rings. The standard InChI is InChI=1S/C15H30N2O2/c1-2-12-19-13-6-4-3-5-9-17-10-7-14(8-11-17)15(16)18/h14H,2-13H2,1H3,(H2,16,18). The van der Waals surface area contributed by atoms with Gasteiger partial charge in [-0.2, -0.15) is 0 Å². The Balaban J connectivity index is 1.89. The van der Waals surface area contributed by atoms with Crippen LogP contribution in [0.4, 0.5) is 0 Å². The maximum Gasteiger partial charge on any atom is 0.220 e. The molecule has 4 nitrogen and oxygen atoms in total. The molecule has 1 rings (SSSR count). The minimum absolute atomic E-state index is 0.118. The molecule has 0 aromatic carbocycles. The van der Waals surface area contributed by atoms with Crippen molar-refractivity contribution in [3.63, 3.8) is 0 Å². The van der Waals surface area contributed by atoms with Crippen molar-refractivity contribution in [2.45, 2.75) is 51.9 Å². The van der Waals surface area contributed by atoms with Crippen LogP contribution < -0.4 is 5.73 Å². The third-order valence-corrected chi connectivity index (χ3v) is 3.85. The molecule has 0 atom stereocenters. The number of amides is 1. The molecule has 1 aliphatic heterocycles. The van der Waals surface area contributed by atoms with Gasteiger partial charge in [-0.15, -0.1) is 0 Å². The zero-order valence-corrected chi connectivity index (χ0v) is 12.4. The topological polar surface area (TPSA) is 55.6 Å². The highest BCUT2D eigenvalue weighted by molar-refractivity contribution is 5.76. The van der Waals surface area contributed by atoms with Crippen molar-refractivity contribution in [2.24, 2.45) is 11.7 Å². The molecule has 0 spiro atoms. The molecule has 0 saturated carbocycles. The van der Waals surface area contributed by atoms with Crippen LogP contribution in [0.3, 0.4) is 0 Å². The molecule has 0 aromatic heterocycles. The SMILES string of the molecule is CCCOCCCCCCN1CCC(C(N)=O)CC1. The fourth-order valence-electron chi connectivity index (χ4n) is 2.58. The average molecular weight is 270 g/mol. The van der Waals surface area contributed by atoms with E-state index in [4.69, 9.17) is 10.5 Å². The molecule has 0 radical (unpaired) electrons. The zero-order valence-electron chi connectivity index (χ0n) is 12.4. The van der Waals surface area contributed by atoms with Gasteiger partial charge in [-0.05, 0) is 51.7 Å². The number of likely N-dealkylation sites (tertiary alicyclic amines) is 1. The molecular weight excluding hydrogens is 240 g/mol. The number of carbonyl (C=O) groups is 1. The summed E-state index contributed by atoms with van der Waals surface area (Å²) >= 11 is 0. The Morgan fingerprint density at radius 2 is 1.84 bits per heavy atom. The fraction of sp³-hybridized carbons (Fsp3) is 0.933. The Morgan fingerprint density at radius 1 is 1.16 bits per heavy atom.